The topological polar surface area (TPSA) is 122 Å². The molecule has 4 N–H and O–H groups in total. The number of rotatable bonds is 7. The van der Waals surface area contributed by atoms with E-state index in [1.54, 1.807) is 18.3 Å². The first-order chi connectivity index (χ1) is 8.99. The maximum absolute atomic E-state index is 11.7. The Kier molecular flexibility index (Phi) is 5.46. The molecule has 0 spiro atoms. The highest BCUT2D eigenvalue weighted by molar-refractivity contribution is 5.85. The molecule has 0 saturated heterocycles. The molecule has 0 aliphatic rings. The lowest BCUT2D eigenvalue weighted by Gasteiger charge is -2.13. The molecule has 7 heteroatoms. The molecule has 1 heterocycles. The predicted octanol–water partition coefficient (Wildman–Crippen LogP) is -0.541. The fourth-order valence-electron chi connectivity index (χ4n) is 1.48. The number of nitrogens with two attached hydrogens (primary N) is 1. The zero-order valence-electron chi connectivity index (χ0n) is 10.2. The number of carbonyl (C=O) groups excluding carboxylic acids is 2. The minimum atomic E-state index is -1.19. The number of carboxylic acids is 1. The van der Waals surface area contributed by atoms with Gasteiger partial charge >= 0.3 is 5.97 Å². The van der Waals surface area contributed by atoms with Crippen molar-refractivity contribution in [2.45, 2.75) is 25.3 Å². The Labute approximate surface area is 109 Å². The monoisotopic (exact) mass is 265 g/mol. The van der Waals surface area contributed by atoms with Crippen LogP contribution in [0.1, 0.15) is 18.4 Å². The van der Waals surface area contributed by atoms with Crippen molar-refractivity contribution in [1.82, 2.24) is 10.3 Å². The number of nitrogens with one attached hydrogen (secondary N) is 1. The van der Waals surface area contributed by atoms with Crippen molar-refractivity contribution in [3.63, 3.8) is 0 Å². The molecule has 1 aromatic rings. The van der Waals surface area contributed by atoms with E-state index in [1.807, 2.05) is 0 Å². The van der Waals surface area contributed by atoms with Gasteiger partial charge in [-0.3, -0.25) is 14.6 Å². The number of carbonyl (C=O) groups is 3. The lowest BCUT2D eigenvalue weighted by molar-refractivity contribution is -0.142. The molecule has 1 unspecified atom stereocenters. The summed E-state index contributed by atoms with van der Waals surface area (Å²) in [5, 5.41) is 11.3. The van der Waals surface area contributed by atoms with E-state index in [9.17, 15) is 14.4 Å². The van der Waals surface area contributed by atoms with E-state index < -0.39 is 23.8 Å². The number of carboxylic acid groups (broad SMARTS) is 1. The molecule has 1 aromatic heterocycles. The van der Waals surface area contributed by atoms with Gasteiger partial charge in [0.25, 0.3) is 0 Å². The zero-order chi connectivity index (χ0) is 14.3. The second kappa shape index (κ2) is 7.10. The Morgan fingerprint density at radius 3 is 2.68 bits per heavy atom. The van der Waals surface area contributed by atoms with E-state index in [-0.39, 0.29) is 19.3 Å². The van der Waals surface area contributed by atoms with Crippen LogP contribution in [0.5, 0.6) is 0 Å². The second-order valence-electron chi connectivity index (χ2n) is 4.00. The molecule has 0 fully saturated rings. The highest BCUT2D eigenvalue weighted by atomic mass is 16.4. The Balaban J connectivity index is 2.52. The SMILES string of the molecule is NC(=O)CCC(NC(=O)Cc1cccnc1)C(=O)O. The summed E-state index contributed by atoms with van der Waals surface area (Å²) in [5.41, 5.74) is 5.62. The minimum absolute atomic E-state index is 0.0244. The van der Waals surface area contributed by atoms with Gasteiger partial charge in [0.2, 0.25) is 11.8 Å². The second-order valence-corrected chi connectivity index (χ2v) is 4.00. The van der Waals surface area contributed by atoms with Gasteiger partial charge in [-0.1, -0.05) is 6.07 Å². The number of primary amides is 1. The molecule has 0 bridgehead atoms. The van der Waals surface area contributed by atoms with Gasteiger partial charge in [-0.05, 0) is 18.1 Å². The van der Waals surface area contributed by atoms with Crippen LogP contribution < -0.4 is 11.1 Å². The number of amides is 2. The maximum Gasteiger partial charge on any atom is 0.326 e. The average molecular weight is 265 g/mol. The molecule has 0 aromatic carbocycles. The van der Waals surface area contributed by atoms with Gasteiger partial charge < -0.3 is 16.2 Å². The van der Waals surface area contributed by atoms with Crippen LogP contribution in [0.4, 0.5) is 0 Å². The van der Waals surface area contributed by atoms with Crippen molar-refractivity contribution in [1.29, 1.82) is 0 Å². The van der Waals surface area contributed by atoms with E-state index in [1.165, 1.54) is 6.20 Å². The summed E-state index contributed by atoms with van der Waals surface area (Å²) in [6.45, 7) is 0. The van der Waals surface area contributed by atoms with Crippen molar-refractivity contribution in [3.8, 4) is 0 Å². The summed E-state index contributed by atoms with van der Waals surface area (Å²) in [6, 6.07) is 2.28. The lowest BCUT2D eigenvalue weighted by atomic mass is 10.1. The third kappa shape index (κ3) is 5.62. The van der Waals surface area contributed by atoms with Gasteiger partial charge in [0.15, 0.2) is 0 Å². The van der Waals surface area contributed by atoms with Crippen LogP contribution in [0.2, 0.25) is 0 Å². The average Bonchev–Trinajstić information content (AvgIpc) is 2.35. The summed E-state index contributed by atoms with van der Waals surface area (Å²) < 4.78 is 0. The number of hydrogen-bond acceptors (Lipinski definition) is 4. The van der Waals surface area contributed by atoms with Crippen molar-refractivity contribution in [2.75, 3.05) is 0 Å². The van der Waals surface area contributed by atoms with Crippen molar-refractivity contribution >= 4 is 17.8 Å². The molecule has 2 amide bonds. The van der Waals surface area contributed by atoms with Crippen molar-refractivity contribution in [3.05, 3.63) is 30.1 Å². The fraction of sp³-hybridized carbons (Fsp3) is 0.333. The molecule has 7 nitrogen and oxygen atoms in total. The molecule has 19 heavy (non-hydrogen) atoms. The highest BCUT2D eigenvalue weighted by Crippen LogP contribution is 2.01. The first-order valence-electron chi connectivity index (χ1n) is 5.68. The number of nitrogens with zero attached hydrogens (tertiary/aromatic N) is 1. The van der Waals surface area contributed by atoms with Crippen LogP contribution in [0.3, 0.4) is 0 Å². The zero-order valence-corrected chi connectivity index (χ0v) is 10.2. The molecule has 0 saturated carbocycles. The van der Waals surface area contributed by atoms with E-state index in [0.29, 0.717) is 5.56 Å². The predicted molar refractivity (Wildman–Crippen MR) is 65.9 cm³/mol. The number of aliphatic carboxylic acids is 1. The van der Waals surface area contributed by atoms with E-state index in [4.69, 9.17) is 10.8 Å². The molecule has 0 aliphatic carbocycles. The Morgan fingerprint density at radius 1 is 1.42 bits per heavy atom. The summed E-state index contributed by atoms with van der Waals surface area (Å²) in [4.78, 5) is 37.0. The summed E-state index contributed by atoms with van der Waals surface area (Å²) in [7, 11) is 0. The molecule has 0 aliphatic heterocycles. The third-order valence-corrected chi connectivity index (χ3v) is 2.40. The minimum Gasteiger partial charge on any atom is -0.480 e. The van der Waals surface area contributed by atoms with Gasteiger partial charge in [-0.2, -0.15) is 0 Å². The molecule has 102 valence electrons. The third-order valence-electron chi connectivity index (χ3n) is 2.40. The van der Waals surface area contributed by atoms with Crippen LogP contribution in [-0.2, 0) is 20.8 Å². The van der Waals surface area contributed by atoms with Crippen molar-refractivity contribution in [2.24, 2.45) is 5.73 Å². The maximum atomic E-state index is 11.7. The van der Waals surface area contributed by atoms with Gasteiger partial charge in [-0.25, -0.2) is 4.79 Å². The van der Waals surface area contributed by atoms with Gasteiger partial charge in [-0.15, -0.1) is 0 Å². The Bertz CT molecular complexity index is 461. The first-order valence-corrected chi connectivity index (χ1v) is 5.68. The quantitative estimate of drug-likeness (QED) is 0.611. The van der Waals surface area contributed by atoms with Crippen LogP contribution >= 0.6 is 0 Å². The summed E-state index contributed by atoms with van der Waals surface area (Å²) in [6.07, 6.45) is 3.02. The highest BCUT2D eigenvalue weighted by Gasteiger charge is 2.20. The fourth-order valence-corrected chi connectivity index (χ4v) is 1.48. The molecular weight excluding hydrogens is 250 g/mol. The van der Waals surface area contributed by atoms with Gasteiger partial charge in [0, 0.05) is 18.8 Å². The first kappa shape index (κ1) is 14.6. The molecule has 0 radical (unpaired) electrons. The van der Waals surface area contributed by atoms with Crippen LogP contribution in [0.25, 0.3) is 0 Å². The number of pyridine rings is 1. The van der Waals surface area contributed by atoms with Gasteiger partial charge in [0.05, 0.1) is 6.42 Å². The molecule has 1 rings (SSSR count). The standard InChI is InChI=1S/C12H15N3O4/c13-10(16)4-3-9(12(18)19)15-11(17)6-8-2-1-5-14-7-8/h1-2,5,7,9H,3-4,6H2,(H2,13,16)(H,15,17)(H,18,19). The smallest absolute Gasteiger partial charge is 0.326 e. The van der Waals surface area contributed by atoms with E-state index in [2.05, 4.69) is 10.3 Å². The summed E-state index contributed by atoms with van der Waals surface area (Å²) in [5.74, 6) is -2.24. The molecular formula is C12H15N3O4. The lowest BCUT2D eigenvalue weighted by Crippen LogP contribution is -2.42. The van der Waals surface area contributed by atoms with Crippen molar-refractivity contribution < 1.29 is 19.5 Å². The summed E-state index contributed by atoms with van der Waals surface area (Å²) >= 11 is 0. The van der Waals surface area contributed by atoms with Crippen LogP contribution in [0.15, 0.2) is 24.5 Å². The number of hydrogen-bond donors (Lipinski definition) is 3. The van der Waals surface area contributed by atoms with Crippen LogP contribution in [0, 0.1) is 0 Å². The number of aromatic nitrogens is 1. The Morgan fingerprint density at radius 2 is 2.16 bits per heavy atom. The Hall–Kier alpha value is -2.44. The normalized spacial score (nSPS) is 11.6. The van der Waals surface area contributed by atoms with Crippen LogP contribution in [-0.4, -0.2) is 33.9 Å². The largest absolute Gasteiger partial charge is 0.480 e. The molecule has 1 atom stereocenters. The van der Waals surface area contributed by atoms with E-state index in [0.717, 1.165) is 0 Å². The van der Waals surface area contributed by atoms with Gasteiger partial charge in [0.1, 0.15) is 6.04 Å². The van der Waals surface area contributed by atoms with E-state index >= 15 is 0 Å².